The summed E-state index contributed by atoms with van der Waals surface area (Å²) in [6.45, 7) is -0.164. The quantitative estimate of drug-likeness (QED) is 0.511. The van der Waals surface area contributed by atoms with Crippen LogP contribution in [0.15, 0.2) is 58.2 Å². The first-order valence-corrected chi connectivity index (χ1v) is 8.16. The molecule has 3 rings (SSSR count). The maximum atomic E-state index is 11.8. The highest BCUT2D eigenvalue weighted by Crippen LogP contribution is 2.21. The van der Waals surface area contributed by atoms with Gasteiger partial charge in [0.2, 0.25) is 0 Å². The first kappa shape index (κ1) is 16.7. The van der Waals surface area contributed by atoms with Gasteiger partial charge in [0.1, 0.15) is 5.75 Å². The molecule has 124 valence electrons. The molecule has 0 saturated carbocycles. The number of carbonyl (C=O) groups is 1. The van der Waals surface area contributed by atoms with E-state index in [9.17, 15) is 4.79 Å². The molecule has 2 N–H and O–H groups in total. The maximum absolute atomic E-state index is 11.8. The molecular weight excluding hydrogens is 384 g/mol. The summed E-state index contributed by atoms with van der Waals surface area (Å²) in [5.41, 5.74) is 4.81. The smallest absolute Gasteiger partial charge is 0.277 e. The molecule has 6 nitrogen and oxygen atoms in total. The summed E-state index contributed by atoms with van der Waals surface area (Å²) >= 11 is 3.43. The number of nitrogens with one attached hydrogen (secondary N) is 2. The molecule has 0 saturated heterocycles. The summed E-state index contributed by atoms with van der Waals surface area (Å²) in [6, 6.07) is 14.4. The molecule has 1 heterocycles. The van der Waals surface area contributed by atoms with Gasteiger partial charge in [0.25, 0.3) is 5.91 Å². The van der Waals surface area contributed by atoms with Gasteiger partial charge in [0.15, 0.2) is 6.61 Å². The van der Waals surface area contributed by atoms with Crippen molar-refractivity contribution in [2.24, 2.45) is 5.10 Å². The van der Waals surface area contributed by atoms with Crippen LogP contribution < -0.4 is 10.2 Å². The Bertz CT molecular complexity index is 971. The molecule has 7 heteroatoms. The van der Waals surface area contributed by atoms with Crippen molar-refractivity contribution in [3.8, 4) is 11.8 Å². The maximum Gasteiger partial charge on any atom is 0.277 e. The summed E-state index contributed by atoms with van der Waals surface area (Å²) in [4.78, 5) is 14.9. The molecule has 0 aliphatic rings. The summed E-state index contributed by atoms with van der Waals surface area (Å²) in [7, 11) is 0. The summed E-state index contributed by atoms with van der Waals surface area (Å²) < 4.78 is 6.30. The van der Waals surface area contributed by atoms with Crippen LogP contribution in [0, 0.1) is 11.3 Å². The van der Waals surface area contributed by atoms with E-state index in [2.05, 4.69) is 31.4 Å². The van der Waals surface area contributed by atoms with Crippen LogP contribution in [0.5, 0.6) is 5.75 Å². The van der Waals surface area contributed by atoms with E-state index in [1.165, 1.54) is 0 Å². The number of benzene rings is 2. The zero-order chi connectivity index (χ0) is 17.6. The number of amides is 1. The topological polar surface area (TPSA) is 90.3 Å². The van der Waals surface area contributed by atoms with Crippen molar-refractivity contribution < 1.29 is 9.53 Å². The molecule has 0 fully saturated rings. The lowest BCUT2D eigenvalue weighted by Crippen LogP contribution is -2.24. The van der Waals surface area contributed by atoms with Crippen LogP contribution >= 0.6 is 15.9 Å². The summed E-state index contributed by atoms with van der Waals surface area (Å²) in [6.07, 6.45) is 3.39. The minimum absolute atomic E-state index is 0.164. The van der Waals surface area contributed by atoms with E-state index >= 15 is 0 Å². The van der Waals surface area contributed by atoms with Crippen LogP contribution in [-0.4, -0.2) is 23.7 Å². The molecule has 0 bridgehead atoms. The molecule has 0 atom stereocenters. The van der Waals surface area contributed by atoms with Gasteiger partial charge >= 0.3 is 0 Å². The van der Waals surface area contributed by atoms with E-state index in [-0.39, 0.29) is 12.5 Å². The van der Waals surface area contributed by atoms with Gasteiger partial charge in [-0.2, -0.15) is 10.4 Å². The predicted molar refractivity (Wildman–Crippen MR) is 98.4 cm³/mol. The van der Waals surface area contributed by atoms with Gasteiger partial charge in [-0.3, -0.25) is 4.79 Å². The molecule has 0 radical (unpaired) electrons. The third-order valence-electron chi connectivity index (χ3n) is 3.42. The van der Waals surface area contributed by atoms with Crippen molar-refractivity contribution in [2.75, 3.05) is 6.61 Å². The lowest BCUT2D eigenvalue weighted by atomic mass is 10.2. The number of hydrogen-bond donors (Lipinski definition) is 2. The molecule has 1 aromatic heterocycles. The molecule has 0 aliphatic carbocycles. The van der Waals surface area contributed by atoms with Gasteiger partial charge < -0.3 is 9.72 Å². The van der Waals surface area contributed by atoms with Crippen LogP contribution in [0.25, 0.3) is 10.9 Å². The molecule has 0 spiro atoms. The fourth-order valence-corrected chi connectivity index (χ4v) is 2.56. The molecule has 25 heavy (non-hydrogen) atoms. The van der Waals surface area contributed by atoms with Gasteiger partial charge in [-0.1, -0.05) is 15.9 Å². The number of aromatic nitrogens is 1. The lowest BCUT2D eigenvalue weighted by molar-refractivity contribution is -0.123. The minimum atomic E-state index is -0.373. The molecule has 0 unspecified atom stereocenters. The number of hydrogen-bond acceptors (Lipinski definition) is 4. The standard InChI is InChI=1S/C18H13BrN4O2/c19-14-3-6-17-16(7-14)13(9-21-17)10-22-23-18(24)11-25-15-4-1-12(8-20)2-5-15/h1-7,9-10,21H,11H2,(H,23,24). The number of hydrazone groups is 1. The SMILES string of the molecule is N#Cc1ccc(OCC(=O)NN=Cc2c[nH]c3ccc(Br)cc23)cc1. The third-order valence-corrected chi connectivity index (χ3v) is 3.92. The Hall–Kier alpha value is -3.11. The fourth-order valence-electron chi connectivity index (χ4n) is 2.20. The Kier molecular flexibility index (Phi) is 5.11. The van der Waals surface area contributed by atoms with E-state index in [1.807, 2.05) is 30.5 Å². The Labute approximate surface area is 152 Å². The van der Waals surface area contributed by atoms with Crippen LogP contribution in [0.2, 0.25) is 0 Å². The summed E-state index contributed by atoms with van der Waals surface area (Å²) in [5, 5.41) is 13.7. The van der Waals surface area contributed by atoms with Crippen LogP contribution in [-0.2, 0) is 4.79 Å². The van der Waals surface area contributed by atoms with Crippen LogP contribution in [0.1, 0.15) is 11.1 Å². The molecule has 2 aromatic carbocycles. The second-order valence-corrected chi connectivity index (χ2v) is 6.07. The zero-order valence-electron chi connectivity index (χ0n) is 13.0. The fraction of sp³-hybridized carbons (Fsp3) is 0.0556. The Morgan fingerprint density at radius 2 is 2.12 bits per heavy atom. The van der Waals surface area contributed by atoms with Crippen LogP contribution in [0.4, 0.5) is 0 Å². The second-order valence-electron chi connectivity index (χ2n) is 5.15. The van der Waals surface area contributed by atoms with Crippen molar-refractivity contribution in [1.82, 2.24) is 10.4 Å². The predicted octanol–water partition coefficient (Wildman–Crippen LogP) is 3.33. The van der Waals surface area contributed by atoms with Crippen LogP contribution in [0.3, 0.4) is 0 Å². The normalized spacial score (nSPS) is 10.7. The zero-order valence-corrected chi connectivity index (χ0v) is 14.6. The number of nitrogens with zero attached hydrogens (tertiary/aromatic N) is 2. The highest BCUT2D eigenvalue weighted by Gasteiger charge is 2.04. The van der Waals surface area contributed by atoms with Gasteiger partial charge in [0, 0.05) is 27.1 Å². The minimum Gasteiger partial charge on any atom is -0.484 e. The first-order chi connectivity index (χ1) is 12.2. The van der Waals surface area contributed by atoms with E-state index < -0.39 is 0 Å². The van der Waals surface area contributed by atoms with Crippen molar-refractivity contribution in [3.05, 3.63) is 64.3 Å². The van der Waals surface area contributed by atoms with E-state index in [0.717, 1.165) is 20.9 Å². The van der Waals surface area contributed by atoms with Crippen molar-refractivity contribution in [1.29, 1.82) is 5.26 Å². The highest BCUT2D eigenvalue weighted by molar-refractivity contribution is 9.10. The van der Waals surface area contributed by atoms with Crippen molar-refractivity contribution in [2.45, 2.75) is 0 Å². The molecule has 0 aliphatic heterocycles. The number of ether oxygens (including phenoxy) is 1. The number of carbonyl (C=O) groups excluding carboxylic acids is 1. The average molecular weight is 397 g/mol. The molecule has 3 aromatic rings. The van der Waals surface area contributed by atoms with Gasteiger partial charge in [-0.15, -0.1) is 0 Å². The second kappa shape index (κ2) is 7.64. The van der Waals surface area contributed by atoms with E-state index in [1.54, 1.807) is 30.5 Å². The summed E-state index contributed by atoms with van der Waals surface area (Å²) in [5.74, 6) is 0.140. The average Bonchev–Trinajstić information content (AvgIpc) is 3.02. The Morgan fingerprint density at radius 1 is 1.32 bits per heavy atom. The van der Waals surface area contributed by atoms with Gasteiger partial charge in [0.05, 0.1) is 17.8 Å². The number of rotatable bonds is 5. The Balaban J connectivity index is 1.55. The first-order valence-electron chi connectivity index (χ1n) is 7.37. The Morgan fingerprint density at radius 3 is 2.88 bits per heavy atom. The monoisotopic (exact) mass is 396 g/mol. The largest absolute Gasteiger partial charge is 0.484 e. The lowest BCUT2D eigenvalue weighted by Gasteiger charge is -2.04. The molecular formula is C18H13BrN4O2. The van der Waals surface area contributed by atoms with Gasteiger partial charge in [-0.25, -0.2) is 5.43 Å². The number of aromatic amines is 1. The van der Waals surface area contributed by atoms with Crippen molar-refractivity contribution in [3.63, 3.8) is 0 Å². The highest BCUT2D eigenvalue weighted by atomic mass is 79.9. The number of fused-ring (bicyclic) bond motifs is 1. The number of halogens is 1. The van der Waals surface area contributed by atoms with Crippen molar-refractivity contribution >= 4 is 39.0 Å². The van der Waals surface area contributed by atoms with E-state index in [0.29, 0.717) is 11.3 Å². The number of H-pyrrole nitrogens is 1. The van der Waals surface area contributed by atoms with Gasteiger partial charge in [-0.05, 0) is 42.5 Å². The number of nitriles is 1. The molecule has 1 amide bonds. The third kappa shape index (κ3) is 4.25. The van der Waals surface area contributed by atoms with E-state index in [4.69, 9.17) is 10.00 Å².